The number of thiophene rings is 2. The molecular weight excluding hydrogens is 757 g/mol. The Labute approximate surface area is 345 Å². The Kier molecular flexibility index (Phi) is 7.02. The van der Waals surface area contributed by atoms with Gasteiger partial charge in [-0.15, -0.1) is 22.7 Å². The van der Waals surface area contributed by atoms with Crippen LogP contribution in [0.15, 0.2) is 182 Å². The lowest BCUT2D eigenvalue weighted by Gasteiger charge is -2.11. The van der Waals surface area contributed by atoms with Crippen LogP contribution in [0.2, 0.25) is 0 Å². The van der Waals surface area contributed by atoms with E-state index >= 15 is 0 Å². The number of hydrogen-bond acceptors (Lipinski definition) is 5. The smallest absolute Gasteiger partial charge is 0.165 e. The maximum Gasteiger partial charge on any atom is 0.165 e. The minimum atomic E-state index is 0.658. The van der Waals surface area contributed by atoms with E-state index in [1.54, 1.807) is 0 Å². The van der Waals surface area contributed by atoms with Gasteiger partial charge in [-0.3, -0.25) is 0 Å². The number of rotatable bonds is 4. The maximum atomic E-state index is 5.37. The first-order valence-corrected chi connectivity index (χ1v) is 21.4. The zero-order valence-electron chi connectivity index (χ0n) is 31.4. The minimum Gasteiger partial charge on any atom is -0.307 e. The molecule has 4 aromatic heterocycles. The van der Waals surface area contributed by atoms with Crippen molar-refractivity contribution in [3.8, 4) is 39.9 Å². The fraction of sp³-hybridized carbons (Fsp3) is 0. The fourth-order valence-electron chi connectivity index (χ4n) is 9.13. The van der Waals surface area contributed by atoms with Gasteiger partial charge in [0.25, 0.3) is 0 Å². The zero-order valence-corrected chi connectivity index (χ0v) is 33.1. The average Bonchev–Trinajstić information content (AvgIpc) is 3.98. The summed E-state index contributed by atoms with van der Waals surface area (Å²) in [6, 6.07) is 65.3. The molecule has 4 heterocycles. The van der Waals surface area contributed by atoms with E-state index < -0.39 is 0 Å². The van der Waals surface area contributed by atoms with Crippen LogP contribution in [0.25, 0.3) is 124 Å². The molecule has 59 heavy (non-hydrogen) atoms. The quantitative estimate of drug-likeness (QED) is 0.178. The third kappa shape index (κ3) is 4.91. The second kappa shape index (κ2) is 12.6. The molecule has 0 spiro atoms. The topological polar surface area (TPSA) is 43.6 Å². The van der Waals surface area contributed by atoms with Crippen molar-refractivity contribution in [2.75, 3.05) is 0 Å². The molecule has 0 bridgehead atoms. The van der Waals surface area contributed by atoms with E-state index in [0.717, 1.165) is 21.4 Å². The zero-order chi connectivity index (χ0) is 38.6. The molecule has 0 amide bonds. The van der Waals surface area contributed by atoms with Crippen LogP contribution in [0, 0.1) is 0 Å². The van der Waals surface area contributed by atoms with Crippen LogP contribution < -0.4 is 0 Å². The summed E-state index contributed by atoms with van der Waals surface area (Å²) < 4.78 is 7.30. The highest BCUT2D eigenvalue weighted by Gasteiger charge is 2.22. The number of benzene rings is 9. The highest BCUT2D eigenvalue weighted by Crippen LogP contribution is 2.46. The molecule has 4 nitrogen and oxygen atoms in total. The van der Waals surface area contributed by atoms with Gasteiger partial charge >= 0.3 is 0 Å². The third-order valence-corrected chi connectivity index (χ3v) is 14.3. The second-order valence-corrected chi connectivity index (χ2v) is 17.2. The van der Waals surface area contributed by atoms with Gasteiger partial charge in [-0.1, -0.05) is 146 Å². The fourth-order valence-corrected chi connectivity index (χ4v) is 11.7. The van der Waals surface area contributed by atoms with Gasteiger partial charge in [-0.2, -0.15) is 0 Å². The van der Waals surface area contributed by atoms with Gasteiger partial charge in [-0.25, -0.2) is 15.0 Å². The van der Waals surface area contributed by atoms with Crippen LogP contribution in [0.3, 0.4) is 0 Å². The van der Waals surface area contributed by atoms with E-state index in [-0.39, 0.29) is 0 Å². The van der Waals surface area contributed by atoms with Crippen LogP contribution in [0.4, 0.5) is 0 Å². The van der Waals surface area contributed by atoms with Gasteiger partial charge in [0.2, 0.25) is 0 Å². The molecule has 0 N–H and O–H groups in total. The molecule has 274 valence electrons. The number of fused-ring (bicyclic) bond motifs is 12. The number of nitrogens with zero attached hydrogens (tertiary/aromatic N) is 4. The molecule has 6 heteroatoms. The first-order valence-electron chi connectivity index (χ1n) is 19.8. The Hall–Kier alpha value is -7.25. The lowest BCUT2D eigenvalue weighted by Crippen LogP contribution is -2.00. The first-order chi connectivity index (χ1) is 29.2. The second-order valence-electron chi connectivity index (χ2n) is 15.1. The van der Waals surface area contributed by atoms with Crippen LogP contribution in [-0.4, -0.2) is 19.5 Å². The standard InChI is InChI=1S/C53H30N4S2/c1-2-14-32(15-3-1)51-54-52(41-23-11-21-40-43-29-33-16-4-5-17-34(33)30-46(43)58-48(40)41)56-53(55-51)42-24-10-20-38-39-22-12-26-45(50(39)59-49(38)42)57-44-25-9-8-19-36(44)37-28-27-31-13-6-7-18-35(31)47(37)57/h1-30H. The Morgan fingerprint density at radius 1 is 0.356 bits per heavy atom. The predicted octanol–water partition coefficient (Wildman–Crippen LogP) is 15.0. The van der Waals surface area contributed by atoms with E-state index in [0.29, 0.717) is 17.5 Å². The SMILES string of the molecule is c1ccc(-c2nc(-c3cccc4c3sc3cc5ccccc5cc34)nc(-c3cccc4c3sc3c(-n5c6ccccc6c6ccc7ccccc7c65)cccc34)n2)cc1. The van der Waals surface area contributed by atoms with Gasteiger partial charge in [0.15, 0.2) is 17.5 Å². The Morgan fingerprint density at radius 2 is 0.932 bits per heavy atom. The predicted molar refractivity (Wildman–Crippen MR) is 251 cm³/mol. The molecule has 13 rings (SSSR count). The summed E-state index contributed by atoms with van der Waals surface area (Å²) in [5.41, 5.74) is 6.56. The summed E-state index contributed by atoms with van der Waals surface area (Å²) in [6.45, 7) is 0. The van der Waals surface area contributed by atoms with E-state index in [9.17, 15) is 0 Å². The van der Waals surface area contributed by atoms with Crippen molar-refractivity contribution in [1.82, 2.24) is 19.5 Å². The largest absolute Gasteiger partial charge is 0.307 e. The number of hydrogen-bond donors (Lipinski definition) is 0. The highest BCUT2D eigenvalue weighted by molar-refractivity contribution is 7.27. The molecule has 9 aromatic carbocycles. The number of para-hydroxylation sites is 1. The van der Waals surface area contributed by atoms with Crippen molar-refractivity contribution >= 4 is 106 Å². The van der Waals surface area contributed by atoms with Gasteiger partial charge < -0.3 is 4.57 Å². The van der Waals surface area contributed by atoms with E-state index in [1.807, 2.05) is 40.9 Å². The highest BCUT2D eigenvalue weighted by atomic mass is 32.1. The van der Waals surface area contributed by atoms with Crippen LogP contribution >= 0.6 is 22.7 Å². The Bertz CT molecular complexity index is 3860. The van der Waals surface area contributed by atoms with Crippen molar-refractivity contribution in [2.24, 2.45) is 0 Å². The molecule has 0 aliphatic carbocycles. The Balaban J connectivity index is 1.06. The van der Waals surface area contributed by atoms with Crippen LogP contribution in [0.1, 0.15) is 0 Å². The molecule has 0 fully saturated rings. The molecular formula is C53H30N4S2. The van der Waals surface area contributed by atoms with E-state index in [4.69, 9.17) is 15.0 Å². The van der Waals surface area contributed by atoms with Crippen molar-refractivity contribution < 1.29 is 0 Å². The molecule has 0 radical (unpaired) electrons. The molecule has 0 atom stereocenters. The van der Waals surface area contributed by atoms with Gasteiger partial charge in [-0.05, 0) is 52.6 Å². The molecule has 0 aliphatic heterocycles. The summed E-state index contributed by atoms with van der Waals surface area (Å²) in [7, 11) is 0. The summed E-state index contributed by atoms with van der Waals surface area (Å²) in [5, 5.41) is 12.3. The van der Waals surface area contributed by atoms with Crippen molar-refractivity contribution in [1.29, 1.82) is 0 Å². The molecule has 0 unspecified atom stereocenters. The molecule has 13 aromatic rings. The van der Waals surface area contributed by atoms with Gasteiger partial charge in [0.1, 0.15) is 0 Å². The summed E-state index contributed by atoms with van der Waals surface area (Å²) in [6.07, 6.45) is 0. The average molecular weight is 787 g/mol. The van der Waals surface area contributed by atoms with Crippen molar-refractivity contribution in [3.05, 3.63) is 182 Å². The monoisotopic (exact) mass is 786 g/mol. The van der Waals surface area contributed by atoms with Crippen molar-refractivity contribution in [2.45, 2.75) is 0 Å². The lowest BCUT2D eigenvalue weighted by atomic mass is 10.0. The van der Waals surface area contributed by atoms with E-state index in [2.05, 4.69) is 168 Å². The van der Waals surface area contributed by atoms with Crippen molar-refractivity contribution in [3.63, 3.8) is 0 Å². The summed E-state index contributed by atoms with van der Waals surface area (Å²) >= 11 is 3.63. The summed E-state index contributed by atoms with van der Waals surface area (Å²) in [5.74, 6) is 2.00. The van der Waals surface area contributed by atoms with E-state index in [1.165, 1.54) is 84.7 Å². The maximum absolute atomic E-state index is 5.37. The van der Waals surface area contributed by atoms with Crippen LogP contribution in [0.5, 0.6) is 0 Å². The van der Waals surface area contributed by atoms with Crippen LogP contribution in [-0.2, 0) is 0 Å². The molecule has 0 saturated carbocycles. The minimum absolute atomic E-state index is 0.658. The summed E-state index contributed by atoms with van der Waals surface area (Å²) in [4.78, 5) is 15.8. The molecule has 0 saturated heterocycles. The molecule has 0 aliphatic rings. The lowest BCUT2D eigenvalue weighted by molar-refractivity contribution is 1.08. The third-order valence-electron chi connectivity index (χ3n) is 11.8. The van der Waals surface area contributed by atoms with Gasteiger partial charge in [0, 0.05) is 68.5 Å². The van der Waals surface area contributed by atoms with Gasteiger partial charge in [0.05, 0.1) is 21.4 Å². The Morgan fingerprint density at radius 3 is 1.71 bits per heavy atom. The number of aromatic nitrogens is 4. The normalized spacial score (nSPS) is 12.1. The first kappa shape index (κ1) is 32.8.